The van der Waals surface area contributed by atoms with Gasteiger partial charge in [-0.1, -0.05) is 18.2 Å². The summed E-state index contributed by atoms with van der Waals surface area (Å²) in [5.41, 5.74) is 3.35. The second-order valence-corrected chi connectivity index (χ2v) is 4.41. The molecule has 0 N–H and O–H groups in total. The molecular weight excluding hydrogens is 202 g/mol. The summed E-state index contributed by atoms with van der Waals surface area (Å²) in [5.74, 6) is 0. The number of hydrogen-bond acceptors (Lipinski definition) is 3. The number of rotatable bonds is 1. The molecule has 0 aromatic heterocycles. The quantitative estimate of drug-likeness (QED) is 0.718. The summed E-state index contributed by atoms with van der Waals surface area (Å²) in [6, 6.07) is 8.39. The van der Waals surface area contributed by atoms with E-state index in [4.69, 9.17) is 14.7 Å². The highest BCUT2D eigenvalue weighted by atomic mass is 16.6. The van der Waals surface area contributed by atoms with Crippen molar-refractivity contribution in [2.75, 3.05) is 13.2 Å². The van der Waals surface area contributed by atoms with Gasteiger partial charge in [0.1, 0.15) is 5.60 Å². The van der Waals surface area contributed by atoms with Gasteiger partial charge in [0.05, 0.1) is 25.7 Å². The standard InChI is InChI=1S/C13H13NO2/c14-5-3-10-1-2-12-11(7-10)8-16-13(12)4-6-15-9-13/h1-2,7H,3-4,6,8-9H2. The number of ether oxygens (including phenoxy) is 2. The fourth-order valence-corrected chi connectivity index (χ4v) is 2.58. The van der Waals surface area contributed by atoms with E-state index in [1.807, 2.05) is 6.07 Å². The highest BCUT2D eigenvalue weighted by molar-refractivity contribution is 5.40. The first-order chi connectivity index (χ1) is 7.84. The molecule has 1 fully saturated rings. The van der Waals surface area contributed by atoms with Crippen LogP contribution in [0, 0.1) is 11.3 Å². The van der Waals surface area contributed by atoms with Crippen LogP contribution in [-0.4, -0.2) is 13.2 Å². The molecule has 2 aliphatic heterocycles. The summed E-state index contributed by atoms with van der Waals surface area (Å²) in [4.78, 5) is 0. The molecule has 0 amide bonds. The molecule has 3 nitrogen and oxygen atoms in total. The minimum absolute atomic E-state index is 0.194. The zero-order valence-corrected chi connectivity index (χ0v) is 9.03. The van der Waals surface area contributed by atoms with Gasteiger partial charge in [-0.3, -0.25) is 0 Å². The summed E-state index contributed by atoms with van der Waals surface area (Å²) >= 11 is 0. The third-order valence-corrected chi connectivity index (χ3v) is 3.43. The summed E-state index contributed by atoms with van der Waals surface area (Å²) in [6.07, 6.45) is 1.41. The van der Waals surface area contributed by atoms with Gasteiger partial charge in [0.15, 0.2) is 0 Å². The molecule has 1 spiro atoms. The molecule has 0 aliphatic carbocycles. The smallest absolute Gasteiger partial charge is 0.119 e. The van der Waals surface area contributed by atoms with Gasteiger partial charge in [0.2, 0.25) is 0 Å². The first-order valence-corrected chi connectivity index (χ1v) is 5.55. The molecule has 0 radical (unpaired) electrons. The van der Waals surface area contributed by atoms with E-state index in [1.54, 1.807) is 0 Å². The van der Waals surface area contributed by atoms with E-state index in [0.29, 0.717) is 19.6 Å². The molecule has 0 saturated carbocycles. The van der Waals surface area contributed by atoms with E-state index >= 15 is 0 Å². The highest BCUT2D eigenvalue weighted by Crippen LogP contribution is 2.42. The van der Waals surface area contributed by atoms with E-state index in [0.717, 1.165) is 18.6 Å². The van der Waals surface area contributed by atoms with Crippen molar-refractivity contribution >= 4 is 0 Å². The number of benzene rings is 1. The minimum Gasteiger partial charge on any atom is -0.378 e. The van der Waals surface area contributed by atoms with Crippen molar-refractivity contribution in [2.24, 2.45) is 0 Å². The molecule has 1 aromatic rings. The Hall–Kier alpha value is -1.37. The predicted octanol–water partition coefficient (Wildman–Crippen LogP) is 1.90. The van der Waals surface area contributed by atoms with Gasteiger partial charge in [-0.2, -0.15) is 5.26 Å². The zero-order valence-electron chi connectivity index (χ0n) is 9.03. The van der Waals surface area contributed by atoms with Gasteiger partial charge in [-0.15, -0.1) is 0 Å². The van der Waals surface area contributed by atoms with Crippen molar-refractivity contribution in [2.45, 2.75) is 25.0 Å². The number of nitrogens with zero attached hydrogens (tertiary/aromatic N) is 1. The summed E-state index contributed by atoms with van der Waals surface area (Å²) in [5, 5.41) is 8.67. The van der Waals surface area contributed by atoms with Gasteiger partial charge in [0, 0.05) is 13.0 Å². The van der Waals surface area contributed by atoms with Crippen molar-refractivity contribution in [3.05, 3.63) is 34.9 Å². The topological polar surface area (TPSA) is 42.2 Å². The lowest BCUT2D eigenvalue weighted by atomic mass is 9.90. The maximum absolute atomic E-state index is 8.67. The number of hydrogen-bond donors (Lipinski definition) is 0. The van der Waals surface area contributed by atoms with Crippen LogP contribution in [0.4, 0.5) is 0 Å². The second-order valence-electron chi connectivity index (χ2n) is 4.41. The van der Waals surface area contributed by atoms with Gasteiger partial charge < -0.3 is 9.47 Å². The van der Waals surface area contributed by atoms with Crippen molar-refractivity contribution in [1.82, 2.24) is 0 Å². The molecule has 1 atom stereocenters. The lowest BCUT2D eigenvalue weighted by Gasteiger charge is -2.21. The van der Waals surface area contributed by atoms with Crippen molar-refractivity contribution < 1.29 is 9.47 Å². The second kappa shape index (κ2) is 3.58. The molecule has 2 heterocycles. The van der Waals surface area contributed by atoms with E-state index < -0.39 is 0 Å². The Kier molecular flexibility index (Phi) is 2.20. The Bertz CT molecular complexity index is 455. The van der Waals surface area contributed by atoms with Crippen molar-refractivity contribution in [3.63, 3.8) is 0 Å². The van der Waals surface area contributed by atoms with E-state index in [9.17, 15) is 0 Å². The van der Waals surface area contributed by atoms with Crippen LogP contribution in [0.1, 0.15) is 23.1 Å². The summed E-state index contributed by atoms with van der Waals surface area (Å²) < 4.78 is 11.3. The Morgan fingerprint density at radius 2 is 2.38 bits per heavy atom. The Morgan fingerprint density at radius 1 is 1.44 bits per heavy atom. The first kappa shape index (κ1) is 9.83. The molecule has 0 bridgehead atoms. The Labute approximate surface area is 94.6 Å². The Morgan fingerprint density at radius 3 is 3.12 bits per heavy atom. The molecule has 2 aliphatic rings. The predicted molar refractivity (Wildman–Crippen MR) is 57.7 cm³/mol. The maximum Gasteiger partial charge on any atom is 0.119 e. The molecule has 1 unspecified atom stereocenters. The molecular formula is C13H13NO2. The van der Waals surface area contributed by atoms with Crippen molar-refractivity contribution in [1.29, 1.82) is 5.26 Å². The molecule has 1 aromatic carbocycles. The average molecular weight is 215 g/mol. The van der Waals surface area contributed by atoms with E-state index in [-0.39, 0.29) is 5.60 Å². The van der Waals surface area contributed by atoms with Crippen LogP contribution in [0.25, 0.3) is 0 Å². The largest absolute Gasteiger partial charge is 0.378 e. The van der Waals surface area contributed by atoms with Crippen LogP contribution >= 0.6 is 0 Å². The monoisotopic (exact) mass is 215 g/mol. The van der Waals surface area contributed by atoms with Gasteiger partial charge >= 0.3 is 0 Å². The van der Waals surface area contributed by atoms with Crippen LogP contribution < -0.4 is 0 Å². The third-order valence-electron chi connectivity index (χ3n) is 3.43. The fourth-order valence-electron chi connectivity index (χ4n) is 2.58. The summed E-state index contributed by atoms with van der Waals surface area (Å²) in [7, 11) is 0. The van der Waals surface area contributed by atoms with Crippen LogP contribution in [0.2, 0.25) is 0 Å². The molecule has 16 heavy (non-hydrogen) atoms. The molecule has 1 saturated heterocycles. The Balaban J connectivity index is 1.99. The lowest BCUT2D eigenvalue weighted by molar-refractivity contribution is -0.0421. The molecule has 3 heteroatoms. The third kappa shape index (κ3) is 1.35. The van der Waals surface area contributed by atoms with E-state index in [2.05, 4.69) is 18.2 Å². The van der Waals surface area contributed by atoms with Crippen LogP contribution in [-0.2, 0) is 28.1 Å². The molecule has 3 rings (SSSR count). The van der Waals surface area contributed by atoms with Crippen LogP contribution in [0.15, 0.2) is 18.2 Å². The van der Waals surface area contributed by atoms with Gasteiger partial charge in [-0.25, -0.2) is 0 Å². The minimum atomic E-state index is -0.194. The SMILES string of the molecule is N#CCc1ccc2c(c1)COC21CCOC1. The highest BCUT2D eigenvalue weighted by Gasteiger charge is 2.43. The lowest BCUT2D eigenvalue weighted by Crippen LogP contribution is -2.25. The average Bonchev–Trinajstić information content (AvgIpc) is 2.89. The molecule has 82 valence electrons. The van der Waals surface area contributed by atoms with E-state index in [1.165, 1.54) is 11.1 Å². The number of fused-ring (bicyclic) bond motifs is 2. The van der Waals surface area contributed by atoms with Crippen molar-refractivity contribution in [3.8, 4) is 6.07 Å². The van der Waals surface area contributed by atoms with Gasteiger partial charge in [0.25, 0.3) is 0 Å². The first-order valence-electron chi connectivity index (χ1n) is 5.55. The maximum atomic E-state index is 8.67. The van der Waals surface area contributed by atoms with Gasteiger partial charge in [-0.05, 0) is 16.7 Å². The normalized spacial score (nSPS) is 26.9. The number of nitriles is 1. The summed E-state index contributed by atoms with van der Waals surface area (Å²) in [6.45, 7) is 2.09. The van der Waals surface area contributed by atoms with Crippen LogP contribution in [0.5, 0.6) is 0 Å². The van der Waals surface area contributed by atoms with Crippen LogP contribution in [0.3, 0.4) is 0 Å². The fraction of sp³-hybridized carbons (Fsp3) is 0.462. The zero-order chi connectivity index (χ0) is 11.0.